The third-order valence-corrected chi connectivity index (χ3v) is 12.3. The van der Waals surface area contributed by atoms with Gasteiger partial charge in [-0.3, -0.25) is 0 Å². The average Bonchev–Trinajstić information content (AvgIpc) is 3.20. The highest BCUT2D eigenvalue weighted by Gasteiger charge is 2.61. The molecule has 0 amide bonds. The van der Waals surface area contributed by atoms with Crippen LogP contribution < -0.4 is 0 Å². The van der Waals surface area contributed by atoms with Gasteiger partial charge in [-0.05, 0) is 129 Å². The molecule has 0 radical (unpaired) electrons. The van der Waals surface area contributed by atoms with Crippen molar-refractivity contribution in [3.05, 3.63) is 35.9 Å². The number of aliphatic hydroxyl groups is 2. The van der Waals surface area contributed by atoms with Gasteiger partial charge in [-0.15, -0.1) is 0 Å². The van der Waals surface area contributed by atoms with Crippen molar-refractivity contribution in [2.24, 2.45) is 46.3 Å². The van der Waals surface area contributed by atoms with Crippen LogP contribution in [-0.4, -0.2) is 15.8 Å². The van der Waals surface area contributed by atoms with Crippen LogP contribution in [0.5, 0.6) is 0 Å². The molecular formula is C32H50O2. The molecule has 0 heterocycles. The zero-order valence-corrected chi connectivity index (χ0v) is 22.3. The van der Waals surface area contributed by atoms with Crippen molar-refractivity contribution in [2.45, 2.75) is 116 Å². The smallest absolute Gasteiger partial charge is 0.0790 e. The Morgan fingerprint density at radius 2 is 1.62 bits per heavy atom. The van der Waals surface area contributed by atoms with E-state index >= 15 is 0 Å². The third kappa shape index (κ3) is 4.09. The minimum atomic E-state index is -0.390. The molecule has 5 rings (SSSR count). The minimum Gasteiger partial charge on any atom is -0.390 e. The maximum atomic E-state index is 11.1. The third-order valence-electron chi connectivity index (χ3n) is 12.3. The Morgan fingerprint density at radius 3 is 2.35 bits per heavy atom. The molecule has 0 saturated heterocycles. The first kappa shape index (κ1) is 24.8. The number of aliphatic hydroxyl groups excluding tert-OH is 1. The van der Waals surface area contributed by atoms with Gasteiger partial charge in [0.05, 0.1) is 11.7 Å². The molecule has 1 aromatic rings. The van der Waals surface area contributed by atoms with Crippen LogP contribution in [0.4, 0.5) is 0 Å². The van der Waals surface area contributed by atoms with Crippen molar-refractivity contribution in [3.63, 3.8) is 0 Å². The van der Waals surface area contributed by atoms with Gasteiger partial charge >= 0.3 is 0 Å². The van der Waals surface area contributed by atoms with Gasteiger partial charge in [0.1, 0.15) is 0 Å². The Morgan fingerprint density at radius 1 is 0.882 bits per heavy atom. The molecule has 0 aromatic heterocycles. The molecule has 190 valence electrons. The summed E-state index contributed by atoms with van der Waals surface area (Å²) in [6.45, 7) is 9.93. The largest absolute Gasteiger partial charge is 0.390 e. The van der Waals surface area contributed by atoms with Crippen LogP contribution in [0, 0.1) is 46.3 Å². The maximum absolute atomic E-state index is 11.1. The molecule has 34 heavy (non-hydrogen) atoms. The van der Waals surface area contributed by atoms with E-state index in [-0.39, 0.29) is 6.10 Å². The molecule has 0 spiro atoms. The van der Waals surface area contributed by atoms with Crippen LogP contribution in [0.2, 0.25) is 0 Å². The lowest BCUT2D eigenvalue weighted by Crippen LogP contribution is -2.56. The first-order valence-corrected chi connectivity index (χ1v) is 14.7. The quantitative estimate of drug-likeness (QED) is 0.447. The molecule has 4 aliphatic carbocycles. The first-order valence-electron chi connectivity index (χ1n) is 14.7. The number of hydrogen-bond acceptors (Lipinski definition) is 2. The van der Waals surface area contributed by atoms with E-state index in [9.17, 15) is 10.2 Å². The zero-order valence-electron chi connectivity index (χ0n) is 22.3. The molecule has 4 fully saturated rings. The Balaban J connectivity index is 1.25. The van der Waals surface area contributed by atoms with Crippen LogP contribution in [0.1, 0.15) is 116 Å². The standard InChI is InChI=1S/C32H50O2/c1-5-32(34)20-19-30(3)24(21-32)12-13-25-27-15-14-26(31(27,4)18-17-28(25)30)22(2)11-16-29(33)23-9-7-6-8-10-23/h6-10,22,24-29,33-34H,5,11-21H2,1-4H3/t22-,24+,25+,26-,27+,28+,29?,30+,31-,32+/m1/s1. The molecule has 4 saturated carbocycles. The van der Waals surface area contributed by atoms with E-state index in [1.165, 1.54) is 44.9 Å². The van der Waals surface area contributed by atoms with Gasteiger partial charge in [0.15, 0.2) is 0 Å². The second-order valence-electron chi connectivity index (χ2n) is 13.6. The molecule has 2 N–H and O–H groups in total. The van der Waals surface area contributed by atoms with Gasteiger partial charge < -0.3 is 10.2 Å². The maximum Gasteiger partial charge on any atom is 0.0790 e. The fourth-order valence-corrected chi connectivity index (χ4v) is 10.1. The van der Waals surface area contributed by atoms with Crippen LogP contribution in [0.25, 0.3) is 0 Å². The lowest BCUT2D eigenvalue weighted by molar-refractivity contribution is -0.152. The molecular weight excluding hydrogens is 416 g/mol. The van der Waals surface area contributed by atoms with E-state index in [2.05, 4.69) is 39.8 Å². The summed E-state index contributed by atoms with van der Waals surface area (Å²) in [7, 11) is 0. The molecule has 2 nitrogen and oxygen atoms in total. The fourth-order valence-electron chi connectivity index (χ4n) is 10.1. The van der Waals surface area contributed by atoms with Gasteiger partial charge in [0, 0.05) is 0 Å². The Kier molecular flexibility index (Phi) is 6.73. The molecule has 10 atom stereocenters. The topological polar surface area (TPSA) is 40.5 Å². The molecule has 4 aliphatic rings. The normalized spacial score (nSPS) is 45.6. The summed E-state index contributed by atoms with van der Waals surface area (Å²) in [4.78, 5) is 0. The predicted molar refractivity (Wildman–Crippen MR) is 140 cm³/mol. The summed E-state index contributed by atoms with van der Waals surface area (Å²) in [5.74, 6) is 4.89. The summed E-state index contributed by atoms with van der Waals surface area (Å²) in [6.07, 6.45) is 14.3. The summed E-state index contributed by atoms with van der Waals surface area (Å²) in [5.41, 5.74) is 1.62. The van der Waals surface area contributed by atoms with Gasteiger partial charge in [-0.25, -0.2) is 0 Å². The van der Waals surface area contributed by atoms with Gasteiger partial charge in [-0.1, -0.05) is 58.0 Å². The Hall–Kier alpha value is -0.860. The number of rotatable bonds is 6. The summed E-state index contributed by atoms with van der Waals surface area (Å²) in [5, 5.41) is 21.8. The van der Waals surface area contributed by atoms with Crippen molar-refractivity contribution in [1.82, 2.24) is 0 Å². The first-order chi connectivity index (χ1) is 16.2. The van der Waals surface area contributed by atoms with Crippen molar-refractivity contribution in [2.75, 3.05) is 0 Å². The minimum absolute atomic E-state index is 0.326. The van der Waals surface area contributed by atoms with Crippen LogP contribution in [0.15, 0.2) is 30.3 Å². The van der Waals surface area contributed by atoms with E-state index in [1.54, 1.807) is 0 Å². The second kappa shape index (κ2) is 9.22. The highest BCUT2D eigenvalue weighted by Crippen LogP contribution is 2.69. The predicted octanol–water partition coefficient (Wildman–Crippen LogP) is 7.94. The van der Waals surface area contributed by atoms with Crippen LogP contribution >= 0.6 is 0 Å². The van der Waals surface area contributed by atoms with Gasteiger partial charge in [-0.2, -0.15) is 0 Å². The average molecular weight is 467 g/mol. The molecule has 2 heteroatoms. The van der Waals surface area contributed by atoms with Crippen molar-refractivity contribution in [3.8, 4) is 0 Å². The van der Waals surface area contributed by atoms with E-state index in [1.807, 2.05) is 18.2 Å². The van der Waals surface area contributed by atoms with E-state index in [0.717, 1.165) is 67.3 Å². The monoisotopic (exact) mass is 466 g/mol. The zero-order chi connectivity index (χ0) is 24.1. The highest BCUT2D eigenvalue weighted by molar-refractivity contribution is 5.17. The van der Waals surface area contributed by atoms with Crippen molar-refractivity contribution in [1.29, 1.82) is 0 Å². The van der Waals surface area contributed by atoms with E-state index in [4.69, 9.17) is 0 Å². The highest BCUT2D eigenvalue weighted by atomic mass is 16.3. The van der Waals surface area contributed by atoms with Gasteiger partial charge in [0.25, 0.3) is 0 Å². The molecule has 1 aromatic carbocycles. The molecule has 0 aliphatic heterocycles. The number of benzene rings is 1. The van der Waals surface area contributed by atoms with Crippen molar-refractivity contribution < 1.29 is 10.2 Å². The summed E-state index contributed by atoms with van der Waals surface area (Å²) in [6, 6.07) is 10.2. The Labute approximate surface area is 208 Å². The summed E-state index contributed by atoms with van der Waals surface area (Å²) >= 11 is 0. The van der Waals surface area contributed by atoms with Crippen LogP contribution in [0.3, 0.4) is 0 Å². The lowest BCUT2D eigenvalue weighted by Gasteiger charge is -2.62. The Bertz CT molecular complexity index is 837. The SMILES string of the molecule is CC[C@]1(O)CC[C@@]2(C)[C@@H](CC[C@@H]3[C@@H]2CC[C@]2(C)[C@@H]([C@H](C)CCC(O)c4ccccc4)CC[C@@H]32)C1. The molecule has 1 unspecified atom stereocenters. The number of hydrogen-bond donors (Lipinski definition) is 2. The van der Waals surface area contributed by atoms with E-state index in [0.29, 0.717) is 16.7 Å². The summed E-state index contributed by atoms with van der Waals surface area (Å²) < 4.78 is 0. The van der Waals surface area contributed by atoms with Crippen molar-refractivity contribution >= 4 is 0 Å². The lowest BCUT2D eigenvalue weighted by atomic mass is 9.43. The molecule has 0 bridgehead atoms. The van der Waals surface area contributed by atoms with Gasteiger partial charge in [0.2, 0.25) is 0 Å². The van der Waals surface area contributed by atoms with Crippen LogP contribution in [-0.2, 0) is 0 Å². The fraction of sp³-hybridized carbons (Fsp3) is 0.812. The van der Waals surface area contributed by atoms with E-state index < -0.39 is 5.60 Å². The number of fused-ring (bicyclic) bond motifs is 5. The second-order valence-corrected chi connectivity index (χ2v) is 13.6.